The summed E-state index contributed by atoms with van der Waals surface area (Å²) in [5.41, 5.74) is -0.107. The van der Waals surface area contributed by atoms with E-state index < -0.39 is 36.4 Å². The summed E-state index contributed by atoms with van der Waals surface area (Å²) in [7, 11) is 1.28. The summed E-state index contributed by atoms with van der Waals surface area (Å²) in [6, 6.07) is 1.89. The zero-order valence-corrected chi connectivity index (χ0v) is 12.0. The van der Waals surface area contributed by atoms with Gasteiger partial charge in [0.2, 0.25) is 11.6 Å². The molecule has 1 aliphatic heterocycles. The molecule has 9 heteroatoms. The van der Waals surface area contributed by atoms with Crippen LogP contribution in [0.1, 0.15) is 12.7 Å². The van der Waals surface area contributed by atoms with Gasteiger partial charge in [0.15, 0.2) is 5.76 Å². The molecule has 1 aromatic heterocycles. The smallest absolute Gasteiger partial charge is 0.323 e. The maximum absolute atomic E-state index is 12.2. The maximum atomic E-state index is 12.2. The van der Waals surface area contributed by atoms with Crippen LogP contribution in [0.15, 0.2) is 28.0 Å². The molecule has 2 rings (SSSR count). The van der Waals surface area contributed by atoms with Crippen LogP contribution in [0.5, 0.6) is 0 Å². The van der Waals surface area contributed by atoms with E-state index in [4.69, 9.17) is 9.52 Å². The Bertz CT molecular complexity index is 609. The molecule has 1 aromatic rings. The van der Waals surface area contributed by atoms with Gasteiger partial charge in [-0.15, -0.1) is 0 Å². The number of nitrogens with zero attached hydrogens (tertiary/aromatic N) is 2. The van der Waals surface area contributed by atoms with Gasteiger partial charge in [-0.1, -0.05) is 5.16 Å². The van der Waals surface area contributed by atoms with Crippen LogP contribution in [0, 0.1) is 0 Å². The molecule has 0 saturated carbocycles. The Morgan fingerprint density at radius 3 is 2.77 bits per heavy atom. The second-order valence-electron chi connectivity index (χ2n) is 4.65. The number of likely N-dealkylation sites (tertiary alicyclic amines) is 1. The number of carbonyl (C=O) groups excluding carboxylic acids is 2. The molecule has 0 radical (unpaired) electrons. The predicted octanol–water partition coefficient (Wildman–Crippen LogP) is -0.570. The number of amides is 2. The number of carboxylic acid groups (broad SMARTS) is 1. The molecule has 1 saturated heterocycles. The molecular weight excluding hydrogens is 294 g/mol. The highest BCUT2D eigenvalue weighted by molar-refractivity contribution is 6.44. The number of rotatable bonds is 6. The minimum atomic E-state index is -1.11. The molecular formula is C13H15N3O6. The molecule has 22 heavy (non-hydrogen) atoms. The van der Waals surface area contributed by atoms with Gasteiger partial charge >= 0.3 is 5.97 Å². The fourth-order valence-corrected chi connectivity index (χ4v) is 2.15. The lowest BCUT2D eigenvalue weighted by molar-refractivity contribution is -0.158. The molecule has 2 heterocycles. The first-order valence-corrected chi connectivity index (χ1v) is 6.44. The molecule has 118 valence electrons. The number of nitrogens with one attached hydrogen (secondary N) is 1. The van der Waals surface area contributed by atoms with E-state index in [1.165, 1.54) is 19.4 Å². The van der Waals surface area contributed by atoms with Crippen LogP contribution >= 0.6 is 0 Å². The SMILES string of the molecule is CO/N=C(\C(=O)NC1C(=O)N(CC(=O)O)C1C)c1ccco1. The summed E-state index contributed by atoms with van der Waals surface area (Å²) >= 11 is 0. The fraction of sp³-hybridized carbons (Fsp3) is 0.385. The summed E-state index contributed by atoms with van der Waals surface area (Å²) in [5, 5.41) is 14.8. The Morgan fingerprint density at radius 1 is 1.55 bits per heavy atom. The normalized spacial score (nSPS) is 21.3. The molecule has 0 aromatic carbocycles. The first-order valence-electron chi connectivity index (χ1n) is 6.44. The first kappa shape index (κ1) is 15.5. The molecule has 1 aliphatic rings. The van der Waals surface area contributed by atoms with Crippen molar-refractivity contribution in [2.75, 3.05) is 13.7 Å². The average molecular weight is 309 g/mol. The Morgan fingerprint density at radius 2 is 2.27 bits per heavy atom. The zero-order valence-electron chi connectivity index (χ0n) is 12.0. The van der Waals surface area contributed by atoms with Crippen molar-refractivity contribution in [1.29, 1.82) is 0 Å². The van der Waals surface area contributed by atoms with Crippen LogP contribution in [-0.4, -0.2) is 59.2 Å². The summed E-state index contributed by atoms with van der Waals surface area (Å²) in [4.78, 5) is 40.5. The van der Waals surface area contributed by atoms with Crippen molar-refractivity contribution in [3.8, 4) is 0 Å². The number of β-lactam (4-membered cyclic amide) rings is 1. The van der Waals surface area contributed by atoms with Crippen molar-refractivity contribution in [3.05, 3.63) is 24.2 Å². The van der Waals surface area contributed by atoms with E-state index in [0.29, 0.717) is 0 Å². The highest BCUT2D eigenvalue weighted by atomic mass is 16.6. The third-order valence-electron chi connectivity index (χ3n) is 3.27. The van der Waals surface area contributed by atoms with Gasteiger partial charge < -0.3 is 24.6 Å². The van der Waals surface area contributed by atoms with Gasteiger partial charge in [-0.2, -0.15) is 0 Å². The van der Waals surface area contributed by atoms with Crippen molar-refractivity contribution >= 4 is 23.5 Å². The lowest BCUT2D eigenvalue weighted by Crippen LogP contribution is -2.70. The first-order chi connectivity index (χ1) is 10.5. The third kappa shape index (κ3) is 2.92. The Kier molecular flexibility index (Phi) is 4.44. The van der Waals surface area contributed by atoms with Crippen molar-refractivity contribution < 1.29 is 28.7 Å². The van der Waals surface area contributed by atoms with E-state index in [0.717, 1.165) is 4.90 Å². The van der Waals surface area contributed by atoms with Crippen LogP contribution < -0.4 is 5.32 Å². The molecule has 0 aliphatic carbocycles. The molecule has 0 spiro atoms. The van der Waals surface area contributed by atoms with Gasteiger partial charge in [0, 0.05) is 0 Å². The van der Waals surface area contributed by atoms with Crippen LogP contribution in [-0.2, 0) is 19.2 Å². The second-order valence-corrected chi connectivity index (χ2v) is 4.65. The van der Waals surface area contributed by atoms with Crippen LogP contribution in [0.4, 0.5) is 0 Å². The van der Waals surface area contributed by atoms with Crippen molar-refractivity contribution in [2.45, 2.75) is 19.0 Å². The topological polar surface area (TPSA) is 121 Å². The van der Waals surface area contributed by atoms with E-state index in [-0.39, 0.29) is 11.5 Å². The summed E-state index contributed by atoms with van der Waals surface area (Å²) in [6.07, 6.45) is 1.37. The van der Waals surface area contributed by atoms with Crippen LogP contribution in [0.2, 0.25) is 0 Å². The largest absolute Gasteiger partial charge is 0.480 e. The predicted molar refractivity (Wildman–Crippen MR) is 73.0 cm³/mol. The Labute approximate surface area is 125 Å². The quantitative estimate of drug-likeness (QED) is 0.412. The number of aliphatic carboxylic acids is 1. The van der Waals surface area contributed by atoms with E-state index in [1.54, 1.807) is 13.0 Å². The van der Waals surface area contributed by atoms with Crippen LogP contribution in [0.3, 0.4) is 0 Å². The van der Waals surface area contributed by atoms with Gasteiger partial charge in [0.05, 0.1) is 12.3 Å². The molecule has 0 bridgehead atoms. The second kappa shape index (κ2) is 6.29. The number of carboxylic acids is 1. The number of hydrogen-bond acceptors (Lipinski definition) is 6. The fourth-order valence-electron chi connectivity index (χ4n) is 2.15. The van der Waals surface area contributed by atoms with Gasteiger partial charge in [-0.05, 0) is 19.1 Å². The van der Waals surface area contributed by atoms with Crippen molar-refractivity contribution in [2.24, 2.45) is 5.16 Å². The van der Waals surface area contributed by atoms with Crippen molar-refractivity contribution in [3.63, 3.8) is 0 Å². The number of carbonyl (C=O) groups is 3. The molecule has 1 fully saturated rings. The van der Waals surface area contributed by atoms with Crippen LogP contribution in [0.25, 0.3) is 0 Å². The Balaban J connectivity index is 2.04. The third-order valence-corrected chi connectivity index (χ3v) is 3.27. The summed E-state index contributed by atoms with van der Waals surface area (Å²) in [5.74, 6) is -2.01. The van der Waals surface area contributed by atoms with E-state index in [1.807, 2.05) is 0 Å². The number of furan rings is 1. The van der Waals surface area contributed by atoms with E-state index in [9.17, 15) is 14.4 Å². The summed E-state index contributed by atoms with van der Waals surface area (Å²) < 4.78 is 5.09. The molecule has 2 unspecified atom stereocenters. The highest BCUT2D eigenvalue weighted by Crippen LogP contribution is 2.19. The minimum Gasteiger partial charge on any atom is -0.480 e. The molecule has 2 N–H and O–H groups in total. The monoisotopic (exact) mass is 309 g/mol. The molecule has 9 nitrogen and oxygen atoms in total. The minimum absolute atomic E-state index is 0.107. The van der Waals surface area contributed by atoms with E-state index >= 15 is 0 Å². The average Bonchev–Trinajstić information content (AvgIpc) is 3.01. The number of oxime groups is 1. The number of hydrogen-bond donors (Lipinski definition) is 2. The van der Waals surface area contributed by atoms with Gasteiger partial charge in [-0.3, -0.25) is 14.4 Å². The standard InChI is InChI=1S/C13H15N3O6/c1-7-10(13(20)16(7)6-9(17)18)14-12(19)11(15-21-2)8-4-3-5-22-8/h3-5,7,10H,6H2,1-2H3,(H,14,19)(H,17,18)/b15-11-. The Hall–Kier alpha value is -2.84. The van der Waals surface area contributed by atoms with Crippen molar-refractivity contribution in [1.82, 2.24) is 10.2 Å². The maximum Gasteiger partial charge on any atom is 0.323 e. The molecule has 2 atom stereocenters. The zero-order chi connectivity index (χ0) is 16.3. The highest BCUT2D eigenvalue weighted by Gasteiger charge is 2.46. The lowest BCUT2D eigenvalue weighted by Gasteiger charge is -2.44. The van der Waals surface area contributed by atoms with Gasteiger partial charge in [0.25, 0.3) is 5.91 Å². The lowest BCUT2D eigenvalue weighted by atomic mass is 9.96. The van der Waals surface area contributed by atoms with E-state index in [2.05, 4.69) is 15.3 Å². The molecule has 2 amide bonds. The van der Waals surface area contributed by atoms with Gasteiger partial charge in [0.1, 0.15) is 19.7 Å². The summed E-state index contributed by atoms with van der Waals surface area (Å²) in [6.45, 7) is 1.25. The van der Waals surface area contributed by atoms with Gasteiger partial charge in [-0.25, -0.2) is 0 Å².